The number of imide groups is 4. The number of nitrogens with zero attached hydrogens (tertiary/aromatic N) is 2. The van der Waals surface area contributed by atoms with Gasteiger partial charge in [0.15, 0.2) is 0 Å². The predicted octanol–water partition coefficient (Wildman–Crippen LogP) is 8.33. The number of benzene rings is 6. The first-order chi connectivity index (χ1) is 33.7. The Morgan fingerprint density at radius 1 is 0.314 bits per heavy atom. The Balaban J connectivity index is 0.000000213. The number of ether oxygens (including phenoxy) is 3. The van der Waals surface area contributed by atoms with Crippen LogP contribution in [0.15, 0.2) is 206 Å². The van der Waals surface area contributed by atoms with Gasteiger partial charge in [0.05, 0.1) is 11.4 Å². The zero-order valence-electron chi connectivity index (χ0n) is 37.5. The summed E-state index contributed by atoms with van der Waals surface area (Å²) < 4.78 is 17.5. The number of hydrogen-bond donors (Lipinski definition) is 2. The van der Waals surface area contributed by atoms with Gasteiger partial charge < -0.3 is 14.2 Å². The van der Waals surface area contributed by atoms with E-state index in [0.717, 1.165) is 32.4 Å². The van der Waals surface area contributed by atoms with Gasteiger partial charge in [-0.15, -0.1) is 0 Å². The van der Waals surface area contributed by atoms with E-state index in [0.29, 0.717) is 34.4 Å². The summed E-state index contributed by atoms with van der Waals surface area (Å²) in [6.45, 7) is 4.28. The summed E-state index contributed by atoms with van der Waals surface area (Å²) in [5.41, 5.74) is 2.87. The minimum Gasteiger partial charge on any atom is -0.457 e. The fraction of sp³-hybridized carbons (Fsp3) is 0.0545. The van der Waals surface area contributed by atoms with Crippen molar-refractivity contribution in [3.05, 3.63) is 217 Å². The van der Waals surface area contributed by atoms with Gasteiger partial charge in [0.2, 0.25) is 0 Å². The van der Waals surface area contributed by atoms with Crippen molar-refractivity contribution < 1.29 is 52.6 Å². The third kappa shape index (κ3) is 12.8. The third-order valence-electron chi connectivity index (χ3n) is 10.4. The van der Waals surface area contributed by atoms with Crippen LogP contribution in [0.25, 0.3) is 0 Å². The molecule has 4 heterocycles. The number of carbonyl (C=O) groups excluding carboxylic acids is 8. The highest BCUT2D eigenvalue weighted by molar-refractivity contribution is 6.28. The molecule has 4 aliphatic rings. The third-order valence-corrected chi connectivity index (χ3v) is 10.4. The van der Waals surface area contributed by atoms with Gasteiger partial charge >= 0.3 is 0 Å². The van der Waals surface area contributed by atoms with Crippen LogP contribution in [0.3, 0.4) is 0 Å². The van der Waals surface area contributed by atoms with Gasteiger partial charge in [-0.2, -0.15) is 0 Å². The molecule has 0 spiro atoms. The molecule has 4 aliphatic heterocycles. The second-order valence-electron chi connectivity index (χ2n) is 15.7. The Morgan fingerprint density at radius 3 is 0.800 bits per heavy atom. The average molecular weight is 935 g/mol. The molecule has 0 unspecified atom stereocenters. The van der Waals surface area contributed by atoms with Gasteiger partial charge in [-0.25, -0.2) is 9.80 Å². The molecular weight excluding hydrogens is 893 g/mol. The van der Waals surface area contributed by atoms with Gasteiger partial charge in [-0.3, -0.25) is 49.0 Å². The summed E-state index contributed by atoms with van der Waals surface area (Å²) in [5, 5.41) is 4.06. The van der Waals surface area contributed by atoms with Crippen LogP contribution in [0, 0.1) is 0 Å². The van der Waals surface area contributed by atoms with Gasteiger partial charge in [0.25, 0.3) is 47.3 Å². The standard InChI is InChI=1S/C35H26N2O6.C12H10O.2C4H3NO2/c1-35(2,23-3-11-27(12-4-23)42-29-15-7-25(8-16-29)36-31(38)19-20-32(36)39)24-5-13-28(14-6-24)43-30-17-9-26(10-18-30)37-33(40)21-22-34(37)41;1-3-7-11(8-4-1)13-12-9-5-2-6-10-12;2*6-3-1-2-4(7)5-3/h3-22H,1-2H3;1-10H;2*1-2H,(H,5,6,7). The quantitative estimate of drug-likeness (QED) is 0.125. The summed E-state index contributed by atoms with van der Waals surface area (Å²) in [6, 6.07) is 48.8. The van der Waals surface area contributed by atoms with Gasteiger partial charge in [-0.1, -0.05) is 74.5 Å². The fourth-order valence-corrected chi connectivity index (χ4v) is 6.78. The lowest BCUT2D eigenvalue weighted by molar-refractivity contribution is -0.125. The second-order valence-corrected chi connectivity index (χ2v) is 15.7. The lowest BCUT2D eigenvalue weighted by Crippen LogP contribution is -2.29. The fourth-order valence-electron chi connectivity index (χ4n) is 6.78. The van der Waals surface area contributed by atoms with Crippen LogP contribution < -0.4 is 34.6 Å². The molecule has 0 aliphatic carbocycles. The summed E-state index contributed by atoms with van der Waals surface area (Å²) >= 11 is 0. The van der Waals surface area contributed by atoms with Gasteiger partial charge in [-0.05, 0) is 108 Å². The van der Waals surface area contributed by atoms with E-state index in [4.69, 9.17) is 14.2 Å². The van der Waals surface area contributed by atoms with E-state index in [-0.39, 0.29) is 52.7 Å². The van der Waals surface area contributed by atoms with Crippen LogP contribution in [0.1, 0.15) is 25.0 Å². The molecule has 6 aromatic rings. The first-order valence-corrected chi connectivity index (χ1v) is 21.4. The topological polar surface area (TPSA) is 195 Å². The maximum atomic E-state index is 11.9. The summed E-state index contributed by atoms with van der Waals surface area (Å²) in [7, 11) is 0. The van der Waals surface area contributed by atoms with Crippen LogP contribution >= 0.6 is 0 Å². The Labute approximate surface area is 401 Å². The van der Waals surface area contributed by atoms with E-state index in [1.165, 1.54) is 48.6 Å². The van der Waals surface area contributed by atoms with Crippen molar-refractivity contribution in [3.8, 4) is 34.5 Å². The van der Waals surface area contributed by atoms with Crippen LogP contribution in [0.5, 0.6) is 34.5 Å². The highest BCUT2D eigenvalue weighted by Gasteiger charge is 2.27. The van der Waals surface area contributed by atoms with Crippen LogP contribution in [-0.2, 0) is 43.8 Å². The number of rotatable bonds is 10. The zero-order valence-corrected chi connectivity index (χ0v) is 37.5. The van der Waals surface area contributed by atoms with Crippen molar-refractivity contribution in [2.45, 2.75) is 19.3 Å². The summed E-state index contributed by atoms with van der Waals surface area (Å²) in [6.07, 6.45) is 9.80. The number of amides is 8. The molecule has 0 atom stereocenters. The molecule has 0 saturated heterocycles. The molecule has 8 amide bonds. The Morgan fingerprint density at radius 2 is 0.557 bits per heavy atom. The maximum Gasteiger partial charge on any atom is 0.258 e. The van der Waals surface area contributed by atoms with E-state index >= 15 is 0 Å². The Hall–Kier alpha value is -9.76. The molecule has 15 heteroatoms. The average Bonchev–Trinajstić information content (AvgIpc) is 4.14. The number of para-hydroxylation sites is 2. The summed E-state index contributed by atoms with van der Waals surface area (Å²) in [4.78, 5) is 89.9. The zero-order chi connectivity index (χ0) is 49.6. The monoisotopic (exact) mass is 934 g/mol. The molecule has 6 aromatic carbocycles. The molecule has 0 fully saturated rings. The number of nitrogens with one attached hydrogen (secondary N) is 2. The van der Waals surface area contributed by atoms with E-state index in [1.54, 1.807) is 48.5 Å². The molecule has 15 nitrogen and oxygen atoms in total. The lowest BCUT2D eigenvalue weighted by atomic mass is 9.78. The van der Waals surface area contributed by atoms with Crippen molar-refractivity contribution in [3.63, 3.8) is 0 Å². The first-order valence-electron chi connectivity index (χ1n) is 21.4. The van der Waals surface area contributed by atoms with Gasteiger partial charge in [0, 0.05) is 54.0 Å². The van der Waals surface area contributed by atoms with Crippen LogP contribution in [-0.4, -0.2) is 47.3 Å². The smallest absolute Gasteiger partial charge is 0.258 e. The molecular formula is C55H42N4O11. The van der Waals surface area contributed by atoms with Crippen molar-refractivity contribution in [2.75, 3.05) is 9.80 Å². The van der Waals surface area contributed by atoms with E-state index in [1.807, 2.05) is 120 Å². The molecule has 10 rings (SSSR count). The van der Waals surface area contributed by atoms with Crippen molar-refractivity contribution >= 4 is 58.6 Å². The number of anilines is 2. The van der Waals surface area contributed by atoms with Crippen molar-refractivity contribution in [1.29, 1.82) is 0 Å². The van der Waals surface area contributed by atoms with E-state index in [2.05, 4.69) is 13.8 Å². The van der Waals surface area contributed by atoms with E-state index < -0.39 is 0 Å². The minimum atomic E-state index is -0.362. The molecule has 0 aromatic heterocycles. The van der Waals surface area contributed by atoms with Crippen LogP contribution in [0.4, 0.5) is 11.4 Å². The SMILES string of the molecule is CC(C)(c1ccc(Oc2ccc(N3C(=O)C=CC3=O)cc2)cc1)c1ccc(Oc2ccc(N3C(=O)C=CC3=O)cc2)cc1.O=C1C=CC(=O)N1.O=C1C=CC(=O)N1.c1ccc(Oc2ccccc2)cc1. The second kappa shape index (κ2) is 22.2. The highest BCUT2D eigenvalue weighted by Crippen LogP contribution is 2.35. The number of carbonyl (C=O) groups is 8. The first kappa shape index (κ1) is 48.2. The molecule has 70 heavy (non-hydrogen) atoms. The highest BCUT2D eigenvalue weighted by atomic mass is 16.5. The molecule has 0 saturated carbocycles. The molecule has 0 radical (unpaired) electrons. The Bertz CT molecular complexity index is 2780. The Kier molecular flexibility index (Phi) is 15.2. The normalized spacial score (nSPS) is 14.3. The molecule has 2 N–H and O–H groups in total. The lowest BCUT2D eigenvalue weighted by Gasteiger charge is -2.26. The summed E-state index contributed by atoms with van der Waals surface area (Å²) in [5.74, 6) is 1.47. The van der Waals surface area contributed by atoms with Crippen molar-refractivity contribution in [2.24, 2.45) is 0 Å². The largest absolute Gasteiger partial charge is 0.457 e. The predicted molar refractivity (Wildman–Crippen MR) is 259 cm³/mol. The van der Waals surface area contributed by atoms with Crippen LogP contribution in [0.2, 0.25) is 0 Å². The number of hydrogen-bond acceptors (Lipinski definition) is 11. The minimum absolute atomic E-state index is 0.300. The van der Waals surface area contributed by atoms with E-state index in [9.17, 15) is 38.4 Å². The maximum absolute atomic E-state index is 11.9. The van der Waals surface area contributed by atoms with Gasteiger partial charge in [0.1, 0.15) is 34.5 Å². The molecule has 348 valence electrons. The van der Waals surface area contributed by atoms with Crippen molar-refractivity contribution in [1.82, 2.24) is 10.6 Å². The molecule has 0 bridgehead atoms.